The summed E-state index contributed by atoms with van der Waals surface area (Å²) >= 11 is 0. The van der Waals surface area contributed by atoms with Gasteiger partial charge in [0.1, 0.15) is 11.5 Å². The summed E-state index contributed by atoms with van der Waals surface area (Å²) in [5.74, 6) is 0.547. The molecule has 0 unspecified atom stereocenters. The zero-order valence-corrected chi connectivity index (χ0v) is 13.2. The van der Waals surface area contributed by atoms with Crippen LogP contribution in [0.1, 0.15) is 18.6 Å². The standard InChI is InChI=1S/C18H18N2O4/c19-11-4-12-20-17(21)13-23-18(22)10-8-15-7-9-16(24-15)14-5-2-1-3-6-14/h1-3,5-7,9H,4,8,10,12-13H2,(H,20,21). The average Bonchev–Trinajstić information content (AvgIpc) is 3.08. The van der Waals surface area contributed by atoms with Gasteiger partial charge in [0.25, 0.3) is 5.91 Å². The highest BCUT2D eigenvalue weighted by Crippen LogP contribution is 2.22. The fourth-order valence-electron chi connectivity index (χ4n) is 2.02. The Hall–Kier alpha value is -3.07. The average molecular weight is 326 g/mol. The van der Waals surface area contributed by atoms with Crippen molar-refractivity contribution in [3.8, 4) is 17.4 Å². The summed E-state index contributed by atoms with van der Waals surface area (Å²) < 4.78 is 10.6. The zero-order valence-electron chi connectivity index (χ0n) is 13.2. The normalized spacial score (nSPS) is 9.96. The molecule has 124 valence electrons. The number of furan rings is 1. The molecule has 1 aromatic carbocycles. The van der Waals surface area contributed by atoms with Gasteiger partial charge in [0.05, 0.1) is 18.9 Å². The largest absolute Gasteiger partial charge is 0.461 e. The van der Waals surface area contributed by atoms with Gasteiger partial charge in [-0.05, 0) is 12.1 Å². The fourth-order valence-corrected chi connectivity index (χ4v) is 2.02. The van der Waals surface area contributed by atoms with Crippen molar-refractivity contribution in [3.63, 3.8) is 0 Å². The van der Waals surface area contributed by atoms with Crippen molar-refractivity contribution in [2.75, 3.05) is 13.2 Å². The molecule has 0 radical (unpaired) electrons. The van der Waals surface area contributed by atoms with Crippen LogP contribution in [0.15, 0.2) is 46.9 Å². The first-order valence-electron chi connectivity index (χ1n) is 7.62. The van der Waals surface area contributed by atoms with E-state index in [9.17, 15) is 9.59 Å². The summed E-state index contributed by atoms with van der Waals surface area (Å²) in [6.07, 6.45) is 0.761. The van der Waals surface area contributed by atoms with Crippen LogP contribution in [-0.4, -0.2) is 25.0 Å². The topological polar surface area (TPSA) is 92.3 Å². The van der Waals surface area contributed by atoms with Gasteiger partial charge < -0.3 is 14.5 Å². The number of carbonyl (C=O) groups is 2. The Morgan fingerprint density at radius 1 is 1.17 bits per heavy atom. The molecule has 6 nitrogen and oxygen atoms in total. The number of nitrogens with one attached hydrogen (secondary N) is 1. The first-order chi connectivity index (χ1) is 11.7. The molecule has 0 fully saturated rings. The quantitative estimate of drug-likeness (QED) is 0.594. The summed E-state index contributed by atoms with van der Waals surface area (Å²) in [6, 6.07) is 15.3. The molecule has 2 rings (SSSR count). The number of carbonyl (C=O) groups excluding carboxylic acids is 2. The summed E-state index contributed by atoms with van der Waals surface area (Å²) in [6.45, 7) is -0.0841. The number of aryl methyl sites for hydroxylation is 1. The van der Waals surface area contributed by atoms with Crippen LogP contribution < -0.4 is 5.32 Å². The van der Waals surface area contributed by atoms with Gasteiger partial charge >= 0.3 is 5.97 Å². The molecule has 0 saturated heterocycles. The number of rotatable bonds is 8. The molecular weight excluding hydrogens is 308 g/mol. The SMILES string of the molecule is N#CCCNC(=O)COC(=O)CCc1ccc(-c2ccccc2)o1. The van der Waals surface area contributed by atoms with Crippen LogP contribution in [0.25, 0.3) is 11.3 Å². The molecule has 0 spiro atoms. The second-order valence-electron chi connectivity index (χ2n) is 5.05. The summed E-state index contributed by atoms with van der Waals surface area (Å²) in [5, 5.41) is 10.8. The Morgan fingerprint density at radius 3 is 2.71 bits per heavy atom. The zero-order chi connectivity index (χ0) is 17.2. The highest BCUT2D eigenvalue weighted by molar-refractivity contribution is 5.80. The first kappa shape index (κ1) is 17.3. The molecule has 0 aliphatic heterocycles. The lowest BCUT2D eigenvalue weighted by molar-refractivity contribution is -0.148. The lowest BCUT2D eigenvalue weighted by Crippen LogP contribution is -2.29. The molecule has 1 heterocycles. The van der Waals surface area contributed by atoms with E-state index in [0.29, 0.717) is 12.2 Å². The Labute approximate surface area is 140 Å². The lowest BCUT2D eigenvalue weighted by atomic mass is 10.2. The molecule has 1 aromatic heterocycles. The molecule has 2 aromatic rings. The van der Waals surface area contributed by atoms with E-state index in [1.165, 1.54) is 0 Å². The summed E-state index contributed by atoms with van der Waals surface area (Å²) in [5.41, 5.74) is 0.973. The van der Waals surface area contributed by atoms with Crippen molar-refractivity contribution in [2.45, 2.75) is 19.3 Å². The molecule has 1 N–H and O–H groups in total. The van der Waals surface area contributed by atoms with Crippen LogP contribution in [0.3, 0.4) is 0 Å². The third kappa shape index (κ3) is 5.61. The van der Waals surface area contributed by atoms with Crippen LogP contribution in [0.2, 0.25) is 0 Å². The third-order valence-corrected chi connectivity index (χ3v) is 3.22. The molecule has 0 bridgehead atoms. The van der Waals surface area contributed by atoms with Crippen LogP contribution in [0, 0.1) is 11.3 Å². The van der Waals surface area contributed by atoms with Crippen molar-refractivity contribution >= 4 is 11.9 Å². The predicted octanol–water partition coefficient (Wildman–Crippen LogP) is 2.45. The number of nitriles is 1. The van der Waals surface area contributed by atoms with E-state index in [4.69, 9.17) is 14.4 Å². The minimum Gasteiger partial charge on any atom is -0.461 e. The Balaban J connectivity index is 1.72. The molecule has 0 aliphatic carbocycles. The van der Waals surface area contributed by atoms with E-state index < -0.39 is 11.9 Å². The van der Waals surface area contributed by atoms with Gasteiger partial charge in [-0.25, -0.2) is 0 Å². The van der Waals surface area contributed by atoms with Crippen LogP contribution in [0.4, 0.5) is 0 Å². The predicted molar refractivity (Wildman–Crippen MR) is 86.7 cm³/mol. The molecule has 0 saturated carbocycles. The maximum absolute atomic E-state index is 11.6. The number of amides is 1. The minimum absolute atomic E-state index is 0.132. The van der Waals surface area contributed by atoms with Gasteiger partial charge in [-0.3, -0.25) is 9.59 Å². The first-order valence-corrected chi connectivity index (χ1v) is 7.62. The van der Waals surface area contributed by atoms with Gasteiger partial charge in [0.15, 0.2) is 6.61 Å². The van der Waals surface area contributed by atoms with Crippen molar-refractivity contribution < 1.29 is 18.7 Å². The monoisotopic (exact) mass is 326 g/mol. The minimum atomic E-state index is -0.469. The van der Waals surface area contributed by atoms with Crippen LogP contribution in [-0.2, 0) is 20.7 Å². The number of nitrogens with zero attached hydrogens (tertiary/aromatic N) is 1. The van der Waals surface area contributed by atoms with E-state index in [-0.39, 0.29) is 26.0 Å². The second-order valence-corrected chi connectivity index (χ2v) is 5.05. The van der Waals surface area contributed by atoms with Crippen molar-refractivity contribution in [2.24, 2.45) is 0 Å². The molecule has 0 atom stereocenters. The molecule has 1 amide bonds. The highest BCUT2D eigenvalue weighted by atomic mass is 16.5. The van der Waals surface area contributed by atoms with Gasteiger partial charge in [0.2, 0.25) is 0 Å². The number of ether oxygens (including phenoxy) is 1. The van der Waals surface area contributed by atoms with Gasteiger partial charge in [-0.2, -0.15) is 5.26 Å². The fraction of sp³-hybridized carbons (Fsp3) is 0.278. The van der Waals surface area contributed by atoms with Gasteiger partial charge in [-0.15, -0.1) is 0 Å². The number of hydrogen-bond donors (Lipinski definition) is 1. The van der Waals surface area contributed by atoms with Crippen LogP contribution in [0.5, 0.6) is 0 Å². The molecule has 24 heavy (non-hydrogen) atoms. The Morgan fingerprint density at radius 2 is 1.96 bits per heavy atom. The highest BCUT2D eigenvalue weighted by Gasteiger charge is 2.10. The van der Waals surface area contributed by atoms with Gasteiger partial charge in [0, 0.05) is 18.5 Å². The number of benzene rings is 1. The Bertz CT molecular complexity index is 716. The molecular formula is C18H18N2O4. The third-order valence-electron chi connectivity index (χ3n) is 3.22. The lowest BCUT2D eigenvalue weighted by Gasteiger charge is -2.04. The van der Waals surface area contributed by atoms with E-state index in [0.717, 1.165) is 11.3 Å². The maximum atomic E-state index is 11.6. The van der Waals surface area contributed by atoms with E-state index in [2.05, 4.69) is 5.32 Å². The maximum Gasteiger partial charge on any atom is 0.306 e. The van der Waals surface area contributed by atoms with Gasteiger partial charge in [-0.1, -0.05) is 30.3 Å². The smallest absolute Gasteiger partial charge is 0.306 e. The number of esters is 1. The van der Waals surface area contributed by atoms with E-state index in [1.807, 2.05) is 48.5 Å². The molecule has 6 heteroatoms. The van der Waals surface area contributed by atoms with Crippen molar-refractivity contribution in [1.29, 1.82) is 5.26 Å². The Kier molecular flexibility index (Phi) is 6.59. The molecule has 0 aliphatic rings. The number of hydrogen-bond acceptors (Lipinski definition) is 5. The van der Waals surface area contributed by atoms with Crippen LogP contribution >= 0.6 is 0 Å². The van der Waals surface area contributed by atoms with E-state index in [1.54, 1.807) is 0 Å². The van der Waals surface area contributed by atoms with E-state index >= 15 is 0 Å². The summed E-state index contributed by atoms with van der Waals surface area (Å²) in [7, 11) is 0. The van der Waals surface area contributed by atoms with Crippen molar-refractivity contribution in [3.05, 3.63) is 48.2 Å². The van der Waals surface area contributed by atoms with Crippen molar-refractivity contribution in [1.82, 2.24) is 5.32 Å². The summed E-state index contributed by atoms with van der Waals surface area (Å²) in [4.78, 5) is 23.0. The second kappa shape index (κ2) is 9.16.